The summed E-state index contributed by atoms with van der Waals surface area (Å²) in [6.07, 6.45) is 0. The summed E-state index contributed by atoms with van der Waals surface area (Å²) in [6, 6.07) is 6.99. The largest absolute Gasteiger partial charge is 0.480 e. The molecule has 5 nitrogen and oxygen atoms in total. The van der Waals surface area contributed by atoms with E-state index >= 15 is 0 Å². The third-order valence-electron chi connectivity index (χ3n) is 2.62. The number of benzene rings is 1. The Morgan fingerprint density at radius 3 is 2.67 bits per heavy atom. The molecule has 0 aliphatic heterocycles. The third kappa shape index (κ3) is 4.35. The average Bonchev–Trinajstić information content (AvgIpc) is 2.88. The van der Waals surface area contributed by atoms with Crippen LogP contribution < -0.4 is 4.72 Å². The average molecular weight is 329 g/mol. The quantitative estimate of drug-likeness (QED) is 0.850. The molecule has 1 heterocycles. The van der Waals surface area contributed by atoms with E-state index in [2.05, 4.69) is 4.72 Å². The van der Waals surface area contributed by atoms with Crippen molar-refractivity contribution in [1.82, 2.24) is 4.72 Å². The van der Waals surface area contributed by atoms with E-state index in [1.807, 2.05) is 0 Å². The van der Waals surface area contributed by atoms with Crippen LogP contribution in [0.1, 0.15) is 16.5 Å². The van der Waals surface area contributed by atoms with Gasteiger partial charge in [0.1, 0.15) is 5.82 Å². The van der Waals surface area contributed by atoms with Crippen LogP contribution in [0, 0.1) is 5.82 Å². The maximum absolute atomic E-state index is 13.0. The first kappa shape index (κ1) is 15.6. The number of hydrogen-bond acceptors (Lipinski definition) is 4. The number of rotatable bonds is 6. The van der Waals surface area contributed by atoms with Gasteiger partial charge in [-0.3, -0.25) is 4.79 Å². The van der Waals surface area contributed by atoms with Crippen LogP contribution >= 0.6 is 11.3 Å². The van der Waals surface area contributed by atoms with Crippen LogP contribution in [-0.4, -0.2) is 19.5 Å². The highest BCUT2D eigenvalue weighted by atomic mass is 32.2. The highest BCUT2D eigenvalue weighted by Gasteiger charge is 2.26. The second-order valence-electron chi connectivity index (χ2n) is 4.29. The van der Waals surface area contributed by atoms with Gasteiger partial charge in [-0.15, -0.1) is 11.3 Å². The number of carbonyl (C=O) groups is 1. The summed E-state index contributed by atoms with van der Waals surface area (Å²) in [5, 5.41) is 10.8. The molecule has 8 heteroatoms. The molecule has 0 spiro atoms. The predicted molar refractivity (Wildman–Crippen MR) is 76.9 cm³/mol. The highest BCUT2D eigenvalue weighted by Crippen LogP contribution is 2.21. The van der Waals surface area contributed by atoms with Crippen molar-refractivity contribution in [3.8, 4) is 0 Å². The Hall–Kier alpha value is -1.77. The Morgan fingerprint density at radius 1 is 1.33 bits per heavy atom. The van der Waals surface area contributed by atoms with Crippen LogP contribution in [-0.2, 0) is 20.6 Å². The van der Waals surface area contributed by atoms with Gasteiger partial charge in [0.15, 0.2) is 6.04 Å². The number of hydrogen-bond donors (Lipinski definition) is 2. The van der Waals surface area contributed by atoms with E-state index in [-0.39, 0.29) is 5.56 Å². The van der Waals surface area contributed by atoms with Crippen LogP contribution in [0.3, 0.4) is 0 Å². The van der Waals surface area contributed by atoms with Gasteiger partial charge in [-0.1, -0.05) is 18.2 Å². The van der Waals surface area contributed by atoms with Crippen molar-refractivity contribution in [3.05, 3.63) is 58.0 Å². The Morgan fingerprint density at radius 2 is 2.10 bits per heavy atom. The Balaban J connectivity index is 2.18. The molecule has 0 fully saturated rings. The standard InChI is InChI=1S/C13H12FNO4S2/c14-10-4-1-3-9(7-10)8-21(18,19)15-12(13(16)17)11-5-2-6-20-11/h1-7,12,15H,8H2,(H,16,17). The molecular weight excluding hydrogens is 317 g/mol. The van der Waals surface area contributed by atoms with Gasteiger partial charge in [0, 0.05) is 4.88 Å². The predicted octanol–water partition coefficient (Wildman–Crippen LogP) is 2.13. The zero-order valence-corrected chi connectivity index (χ0v) is 12.3. The van der Waals surface area contributed by atoms with E-state index in [4.69, 9.17) is 5.11 Å². The van der Waals surface area contributed by atoms with E-state index in [0.717, 1.165) is 17.4 Å². The minimum Gasteiger partial charge on any atom is -0.480 e. The molecule has 0 aliphatic rings. The first-order valence-electron chi connectivity index (χ1n) is 5.88. The summed E-state index contributed by atoms with van der Waals surface area (Å²) in [5.41, 5.74) is 0.248. The van der Waals surface area contributed by atoms with Crippen molar-refractivity contribution in [2.45, 2.75) is 11.8 Å². The normalized spacial score (nSPS) is 13.0. The molecule has 112 valence electrons. The fraction of sp³-hybridized carbons (Fsp3) is 0.154. The van der Waals surface area contributed by atoms with E-state index in [0.29, 0.717) is 4.88 Å². The monoisotopic (exact) mass is 329 g/mol. The SMILES string of the molecule is O=C(O)C(NS(=O)(=O)Cc1cccc(F)c1)c1cccs1. The second kappa shape index (κ2) is 6.33. The molecule has 2 rings (SSSR count). The van der Waals surface area contributed by atoms with Crippen LogP contribution in [0.25, 0.3) is 0 Å². The van der Waals surface area contributed by atoms with Gasteiger partial charge in [-0.05, 0) is 29.1 Å². The molecule has 0 saturated heterocycles. The Kier molecular flexibility index (Phi) is 4.71. The zero-order valence-electron chi connectivity index (χ0n) is 10.7. The van der Waals surface area contributed by atoms with Crippen LogP contribution in [0.5, 0.6) is 0 Å². The molecule has 1 unspecified atom stereocenters. The fourth-order valence-corrected chi connectivity index (χ4v) is 3.88. The molecule has 1 atom stereocenters. The maximum Gasteiger partial charge on any atom is 0.327 e. The third-order valence-corrected chi connectivity index (χ3v) is 4.86. The molecular formula is C13H12FNO4S2. The number of thiophene rings is 1. The highest BCUT2D eigenvalue weighted by molar-refractivity contribution is 7.88. The van der Waals surface area contributed by atoms with Crippen molar-refractivity contribution >= 4 is 27.3 Å². The minimum atomic E-state index is -3.91. The number of sulfonamides is 1. The summed E-state index contributed by atoms with van der Waals surface area (Å²) in [7, 11) is -3.91. The Bertz CT molecular complexity index is 728. The van der Waals surface area contributed by atoms with Crippen molar-refractivity contribution in [2.75, 3.05) is 0 Å². The molecule has 2 aromatic rings. The van der Waals surface area contributed by atoms with Crippen molar-refractivity contribution in [2.24, 2.45) is 0 Å². The maximum atomic E-state index is 13.0. The lowest BCUT2D eigenvalue weighted by Gasteiger charge is -2.13. The number of nitrogens with one attached hydrogen (secondary N) is 1. The molecule has 1 aromatic heterocycles. The van der Waals surface area contributed by atoms with Gasteiger partial charge >= 0.3 is 5.97 Å². The van der Waals surface area contributed by atoms with Gasteiger partial charge in [0.05, 0.1) is 5.75 Å². The van der Waals surface area contributed by atoms with Crippen molar-refractivity contribution < 1.29 is 22.7 Å². The van der Waals surface area contributed by atoms with E-state index in [1.165, 1.54) is 24.3 Å². The molecule has 2 N–H and O–H groups in total. The number of carboxylic acid groups (broad SMARTS) is 1. The fourth-order valence-electron chi connectivity index (χ4n) is 1.75. The number of halogens is 1. The lowest BCUT2D eigenvalue weighted by molar-refractivity contribution is -0.139. The van der Waals surface area contributed by atoms with Gasteiger partial charge < -0.3 is 5.11 Å². The van der Waals surface area contributed by atoms with Crippen LogP contribution in [0.4, 0.5) is 4.39 Å². The smallest absolute Gasteiger partial charge is 0.327 e. The van der Waals surface area contributed by atoms with Crippen LogP contribution in [0.2, 0.25) is 0 Å². The summed E-state index contributed by atoms with van der Waals surface area (Å²) < 4.78 is 39.2. The van der Waals surface area contributed by atoms with Crippen molar-refractivity contribution in [1.29, 1.82) is 0 Å². The van der Waals surface area contributed by atoms with Gasteiger partial charge in [-0.25, -0.2) is 12.8 Å². The summed E-state index contributed by atoms with van der Waals surface area (Å²) in [4.78, 5) is 11.6. The lowest BCUT2D eigenvalue weighted by atomic mass is 10.2. The molecule has 1 aromatic carbocycles. The Labute approximate surface area is 125 Å². The number of carboxylic acids is 1. The molecule has 0 aliphatic carbocycles. The lowest BCUT2D eigenvalue weighted by Crippen LogP contribution is -2.34. The van der Waals surface area contributed by atoms with Crippen LogP contribution in [0.15, 0.2) is 41.8 Å². The zero-order chi connectivity index (χ0) is 15.5. The van der Waals surface area contributed by atoms with Crippen molar-refractivity contribution in [3.63, 3.8) is 0 Å². The first-order valence-corrected chi connectivity index (χ1v) is 8.41. The van der Waals surface area contributed by atoms with Gasteiger partial charge in [-0.2, -0.15) is 4.72 Å². The summed E-state index contributed by atoms with van der Waals surface area (Å²) >= 11 is 1.14. The van der Waals surface area contributed by atoms with Gasteiger partial charge in [0.2, 0.25) is 10.0 Å². The first-order chi connectivity index (χ1) is 9.87. The van der Waals surface area contributed by atoms with E-state index in [1.54, 1.807) is 11.4 Å². The number of aliphatic carboxylic acids is 1. The molecule has 0 radical (unpaired) electrons. The van der Waals surface area contributed by atoms with Gasteiger partial charge in [0.25, 0.3) is 0 Å². The molecule has 21 heavy (non-hydrogen) atoms. The molecule has 0 amide bonds. The summed E-state index contributed by atoms with van der Waals surface area (Å²) in [5.74, 6) is -2.32. The summed E-state index contributed by atoms with van der Waals surface area (Å²) in [6.45, 7) is 0. The topological polar surface area (TPSA) is 83.5 Å². The van der Waals surface area contributed by atoms with E-state index < -0.39 is 33.6 Å². The molecule has 0 saturated carbocycles. The molecule has 0 bridgehead atoms. The second-order valence-corrected chi connectivity index (χ2v) is 7.03. The van der Waals surface area contributed by atoms with E-state index in [9.17, 15) is 17.6 Å². The minimum absolute atomic E-state index is 0.248.